The fourth-order valence-corrected chi connectivity index (χ4v) is 4.08. The van der Waals surface area contributed by atoms with Crippen LogP contribution in [0.3, 0.4) is 0 Å². The van der Waals surface area contributed by atoms with Crippen LogP contribution in [-0.4, -0.2) is 29.8 Å². The number of halogens is 1. The molecule has 0 radical (unpaired) electrons. The van der Waals surface area contributed by atoms with Crippen molar-refractivity contribution < 1.29 is 19.1 Å². The van der Waals surface area contributed by atoms with Crippen LogP contribution in [0.5, 0.6) is 0 Å². The monoisotopic (exact) mass is 385 g/mol. The molecule has 1 aliphatic heterocycles. The van der Waals surface area contributed by atoms with Gasteiger partial charge >= 0.3 is 12.1 Å². The minimum absolute atomic E-state index is 0.231. The van der Waals surface area contributed by atoms with Gasteiger partial charge in [0, 0.05) is 11.5 Å². The molecular weight excluding hydrogens is 354 g/mol. The van der Waals surface area contributed by atoms with E-state index in [1.54, 1.807) is 0 Å². The number of cyclic esters (lactones) is 1. The Balaban J connectivity index is 2.03. The zero-order valence-electron chi connectivity index (χ0n) is 16.2. The third-order valence-corrected chi connectivity index (χ3v) is 5.20. The molecule has 6 heteroatoms. The highest BCUT2D eigenvalue weighted by atomic mass is 35.5. The van der Waals surface area contributed by atoms with Gasteiger partial charge in [-0.25, -0.2) is 4.79 Å². The summed E-state index contributed by atoms with van der Waals surface area (Å²) < 4.78 is 11.0. The molecule has 0 aromatic carbocycles. The Labute approximate surface area is 161 Å². The second-order valence-electron chi connectivity index (χ2n) is 8.62. The van der Waals surface area contributed by atoms with Crippen LogP contribution >= 0.6 is 11.6 Å². The maximum Gasteiger partial charge on any atom is 0.408 e. The van der Waals surface area contributed by atoms with E-state index in [1.165, 1.54) is 19.3 Å². The van der Waals surface area contributed by atoms with Gasteiger partial charge < -0.3 is 14.8 Å². The van der Waals surface area contributed by atoms with Crippen LogP contribution in [0.25, 0.3) is 0 Å². The second kappa shape index (κ2) is 9.12. The highest BCUT2D eigenvalue weighted by Gasteiger charge is 2.40. The summed E-state index contributed by atoms with van der Waals surface area (Å²) in [6.45, 7) is 9.17. The molecule has 148 valence electrons. The smallest absolute Gasteiger partial charge is 0.408 e. The zero-order chi connectivity index (χ0) is 19.3. The number of amides is 1. The van der Waals surface area contributed by atoms with Gasteiger partial charge in [-0.2, -0.15) is 0 Å². The van der Waals surface area contributed by atoms with Crippen molar-refractivity contribution in [1.29, 1.82) is 0 Å². The number of esters is 1. The summed E-state index contributed by atoms with van der Waals surface area (Å²) in [4.78, 5) is 24.5. The van der Waals surface area contributed by atoms with Crippen LogP contribution in [0, 0.1) is 11.8 Å². The number of carbonyl (C=O) groups is 2. The van der Waals surface area contributed by atoms with Crippen molar-refractivity contribution >= 4 is 23.7 Å². The Bertz CT molecular complexity index is 522. The van der Waals surface area contributed by atoms with E-state index in [0.717, 1.165) is 19.3 Å². The van der Waals surface area contributed by atoms with Crippen molar-refractivity contribution in [1.82, 2.24) is 5.32 Å². The minimum Gasteiger partial charge on any atom is -0.460 e. The Morgan fingerprint density at radius 3 is 2.58 bits per heavy atom. The lowest BCUT2D eigenvalue weighted by atomic mass is 9.83. The summed E-state index contributed by atoms with van der Waals surface area (Å²) in [7, 11) is 0. The van der Waals surface area contributed by atoms with Gasteiger partial charge in [0.15, 0.2) is 0 Å². The molecule has 1 amide bonds. The van der Waals surface area contributed by atoms with E-state index in [-0.39, 0.29) is 24.0 Å². The topological polar surface area (TPSA) is 64.6 Å². The lowest BCUT2D eigenvalue weighted by Gasteiger charge is -2.30. The van der Waals surface area contributed by atoms with E-state index in [0.29, 0.717) is 23.8 Å². The summed E-state index contributed by atoms with van der Waals surface area (Å²) in [5.41, 5.74) is -0.565. The highest BCUT2D eigenvalue weighted by Crippen LogP contribution is 2.34. The molecule has 0 spiro atoms. The third-order valence-electron chi connectivity index (χ3n) is 5.05. The lowest BCUT2D eigenvalue weighted by molar-refractivity contribution is -0.145. The molecule has 26 heavy (non-hydrogen) atoms. The molecule has 0 aromatic rings. The summed E-state index contributed by atoms with van der Waals surface area (Å²) in [6, 6.07) is -0.231. The number of nitrogens with one attached hydrogen (secondary N) is 1. The molecule has 5 nitrogen and oxygen atoms in total. The van der Waals surface area contributed by atoms with Gasteiger partial charge in [-0.1, -0.05) is 50.3 Å². The predicted molar refractivity (Wildman–Crippen MR) is 102 cm³/mol. The van der Waals surface area contributed by atoms with E-state index < -0.39 is 11.7 Å². The Hall–Kier alpha value is -1.23. The third kappa shape index (κ3) is 6.82. The van der Waals surface area contributed by atoms with Gasteiger partial charge in [-0.15, -0.1) is 0 Å². The van der Waals surface area contributed by atoms with Crippen molar-refractivity contribution in [2.24, 2.45) is 11.8 Å². The highest BCUT2D eigenvalue weighted by molar-refractivity contribution is 6.29. The van der Waals surface area contributed by atoms with Crippen LogP contribution in [0.1, 0.15) is 72.1 Å². The fourth-order valence-electron chi connectivity index (χ4n) is 3.90. The van der Waals surface area contributed by atoms with Crippen LogP contribution in [0.4, 0.5) is 4.79 Å². The fraction of sp³-hybridized carbons (Fsp3) is 0.800. The molecule has 2 aliphatic rings. The number of hydrogen-bond acceptors (Lipinski definition) is 4. The van der Waals surface area contributed by atoms with E-state index in [1.807, 2.05) is 20.8 Å². The van der Waals surface area contributed by atoms with Crippen molar-refractivity contribution in [3.63, 3.8) is 0 Å². The number of carbonyl (C=O) groups excluding carboxylic acids is 2. The summed E-state index contributed by atoms with van der Waals surface area (Å²) in [5, 5.41) is 3.42. The van der Waals surface area contributed by atoms with Crippen LogP contribution in [-0.2, 0) is 14.3 Å². The molecule has 2 fully saturated rings. The number of allylic oxidation sites excluding steroid dienone is 1. The summed E-state index contributed by atoms with van der Waals surface area (Å²) >= 11 is 5.87. The standard InChI is InChI=1S/C20H32ClNO4/c1-13(21)10-15-12-17(25-18(15)23)16(11-14-8-6-5-7-9-14)22-19(24)26-20(2,3)4/h14-17H,1,5-12H2,2-4H3,(H,22,24). The summed E-state index contributed by atoms with van der Waals surface area (Å²) in [6.07, 6.45) is 7.04. The molecule has 2 rings (SSSR count). The van der Waals surface area contributed by atoms with Gasteiger partial charge in [-0.05, 0) is 39.5 Å². The van der Waals surface area contributed by atoms with Crippen LogP contribution in [0.2, 0.25) is 0 Å². The first-order valence-electron chi connectivity index (χ1n) is 9.67. The first kappa shape index (κ1) is 21.1. The van der Waals surface area contributed by atoms with Crippen molar-refractivity contribution in [3.8, 4) is 0 Å². The van der Waals surface area contributed by atoms with Gasteiger partial charge in [-0.3, -0.25) is 4.79 Å². The van der Waals surface area contributed by atoms with Crippen LogP contribution in [0.15, 0.2) is 11.6 Å². The maximum atomic E-state index is 12.3. The minimum atomic E-state index is -0.565. The first-order chi connectivity index (χ1) is 12.1. The summed E-state index contributed by atoms with van der Waals surface area (Å²) in [5.74, 6) is 0.0140. The predicted octanol–water partition coefficient (Wildman–Crippen LogP) is 4.92. The number of hydrogen-bond donors (Lipinski definition) is 1. The van der Waals surface area contributed by atoms with Gasteiger partial charge in [0.25, 0.3) is 0 Å². The van der Waals surface area contributed by atoms with Gasteiger partial charge in [0.1, 0.15) is 11.7 Å². The maximum absolute atomic E-state index is 12.3. The molecule has 0 aromatic heterocycles. The molecule has 1 saturated carbocycles. The van der Waals surface area contributed by atoms with Gasteiger partial charge in [0.2, 0.25) is 0 Å². The molecule has 3 unspecified atom stereocenters. The second-order valence-corrected chi connectivity index (χ2v) is 9.16. The first-order valence-corrected chi connectivity index (χ1v) is 10.0. The molecular formula is C20H32ClNO4. The van der Waals surface area contributed by atoms with E-state index in [9.17, 15) is 9.59 Å². The van der Waals surface area contributed by atoms with Crippen molar-refractivity contribution in [2.75, 3.05) is 0 Å². The van der Waals surface area contributed by atoms with E-state index >= 15 is 0 Å². The van der Waals surface area contributed by atoms with Gasteiger partial charge in [0.05, 0.1) is 12.0 Å². The lowest BCUT2D eigenvalue weighted by Crippen LogP contribution is -2.46. The molecule has 1 saturated heterocycles. The largest absolute Gasteiger partial charge is 0.460 e. The number of rotatable bonds is 6. The number of ether oxygens (including phenoxy) is 2. The normalized spacial score (nSPS) is 25.5. The Morgan fingerprint density at radius 1 is 1.35 bits per heavy atom. The van der Waals surface area contributed by atoms with E-state index in [2.05, 4.69) is 11.9 Å². The Kier molecular flexibility index (Phi) is 7.39. The Morgan fingerprint density at radius 2 is 2.00 bits per heavy atom. The SMILES string of the molecule is C=C(Cl)CC1CC(C(CC2CCCCC2)NC(=O)OC(C)(C)C)OC1=O. The van der Waals surface area contributed by atoms with Crippen LogP contribution < -0.4 is 5.32 Å². The van der Waals surface area contributed by atoms with Crippen molar-refractivity contribution in [3.05, 3.63) is 11.6 Å². The zero-order valence-corrected chi connectivity index (χ0v) is 16.9. The quantitative estimate of drug-likeness (QED) is 0.658. The average Bonchev–Trinajstić information content (AvgIpc) is 2.86. The molecule has 1 N–H and O–H groups in total. The molecule has 3 atom stereocenters. The number of alkyl carbamates (subject to hydrolysis) is 1. The molecule has 1 aliphatic carbocycles. The average molecular weight is 386 g/mol. The van der Waals surface area contributed by atoms with E-state index in [4.69, 9.17) is 21.1 Å². The molecule has 0 bridgehead atoms. The van der Waals surface area contributed by atoms with Crippen molar-refractivity contribution in [2.45, 2.75) is 89.9 Å². The molecule has 1 heterocycles.